The number of hydrogen-bond donors (Lipinski definition) is 1. The van der Waals surface area contributed by atoms with Gasteiger partial charge in [-0.1, -0.05) is 41.3 Å². The lowest BCUT2D eigenvalue weighted by atomic mass is 10.00. The molecule has 1 aliphatic rings. The number of carbonyl (C=O) groups is 2. The van der Waals surface area contributed by atoms with Crippen LogP contribution in [0.1, 0.15) is 43.5 Å². The van der Waals surface area contributed by atoms with E-state index in [1.165, 1.54) is 34.1 Å². The van der Waals surface area contributed by atoms with E-state index in [2.05, 4.69) is 15.2 Å². The highest BCUT2D eigenvalue weighted by atomic mass is 32.2. The van der Waals surface area contributed by atoms with Crippen LogP contribution in [0.3, 0.4) is 0 Å². The fourth-order valence-corrected chi connectivity index (χ4v) is 6.61. The number of aryl methyl sites for hydroxylation is 3. The minimum Gasteiger partial charge on any atom is -0.503 e. The summed E-state index contributed by atoms with van der Waals surface area (Å²) in [6, 6.07) is 8.79. The van der Waals surface area contributed by atoms with Crippen molar-refractivity contribution in [3.05, 3.63) is 86.2 Å². The molecule has 1 unspecified atom stereocenters. The van der Waals surface area contributed by atoms with E-state index in [4.69, 9.17) is 4.42 Å². The quantitative estimate of drug-likeness (QED) is 0.179. The summed E-state index contributed by atoms with van der Waals surface area (Å²) < 4.78 is 20.3. The second kappa shape index (κ2) is 9.60. The molecule has 0 saturated heterocycles. The van der Waals surface area contributed by atoms with Crippen LogP contribution in [-0.2, 0) is 10.5 Å². The molecule has 1 amide bonds. The number of anilines is 1. The molecule has 3 aromatic heterocycles. The predicted octanol–water partition coefficient (Wildman–Crippen LogP) is 5.73. The van der Waals surface area contributed by atoms with Gasteiger partial charge in [-0.25, -0.2) is 9.37 Å². The highest BCUT2D eigenvalue weighted by Gasteiger charge is 2.48. The highest BCUT2D eigenvalue weighted by molar-refractivity contribution is 8.00. The van der Waals surface area contributed by atoms with Crippen LogP contribution in [0.4, 0.5) is 9.52 Å². The van der Waals surface area contributed by atoms with Crippen LogP contribution in [0.2, 0.25) is 0 Å². The number of thiazole rings is 1. The Morgan fingerprint density at radius 2 is 1.94 bits per heavy atom. The number of halogens is 1. The Labute approximate surface area is 217 Å². The molecular weight excluding hydrogens is 523 g/mol. The number of rotatable bonds is 7. The van der Waals surface area contributed by atoms with Crippen LogP contribution < -0.4 is 4.90 Å². The van der Waals surface area contributed by atoms with Crippen molar-refractivity contribution in [3.63, 3.8) is 0 Å². The topological polar surface area (TPSA) is 109 Å². The summed E-state index contributed by atoms with van der Waals surface area (Å²) in [5.74, 6) is -1.04. The summed E-state index contributed by atoms with van der Waals surface area (Å²) in [5, 5.41) is 20.0. The fraction of sp³-hybridized carbons (Fsp3) is 0.208. The van der Waals surface area contributed by atoms with E-state index in [0.29, 0.717) is 42.8 Å². The molecule has 4 aromatic rings. The number of hydrogen-bond acceptors (Lipinski definition) is 10. The van der Waals surface area contributed by atoms with Crippen molar-refractivity contribution in [2.24, 2.45) is 0 Å². The molecule has 36 heavy (non-hydrogen) atoms. The molecule has 0 bridgehead atoms. The molecule has 4 heterocycles. The third-order valence-corrected chi connectivity index (χ3v) is 8.68. The van der Waals surface area contributed by atoms with E-state index in [1.54, 1.807) is 51.1 Å². The molecule has 184 valence electrons. The first-order chi connectivity index (χ1) is 17.2. The number of ketones is 1. The predicted molar refractivity (Wildman–Crippen MR) is 135 cm³/mol. The number of carbonyl (C=O) groups excluding carboxylic acids is 2. The second-order valence-corrected chi connectivity index (χ2v) is 11.4. The molecule has 1 atom stereocenters. The molecule has 0 saturated carbocycles. The average Bonchev–Trinajstić information content (AvgIpc) is 3.61. The molecule has 8 nitrogen and oxygen atoms in total. The van der Waals surface area contributed by atoms with Crippen molar-refractivity contribution in [2.75, 3.05) is 4.90 Å². The smallest absolute Gasteiger partial charge is 0.296 e. The van der Waals surface area contributed by atoms with Crippen LogP contribution in [0.15, 0.2) is 56.5 Å². The van der Waals surface area contributed by atoms with Gasteiger partial charge in [-0.3, -0.25) is 14.5 Å². The second-order valence-electron chi connectivity index (χ2n) is 8.00. The average molecular weight is 543 g/mol. The van der Waals surface area contributed by atoms with Gasteiger partial charge in [-0.2, -0.15) is 0 Å². The monoisotopic (exact) mass is 542 g/mol. The lowest BCUT2D eigenvalue weighted by Gasteiger charge is -2.21. The van der Waals surface area contributed by atoms with Crippen LogP contribution in [0, 0.1) is 26.6 Å². The van der Waals surface area contributed by atoms with Crippen molar-refractivity contribution in [1.29, 1.82) is 0 Å². The minimum absolute atomic E-state index is 0.100. The van der Waals surface area contributed by atoms with Gasteiger partial charge in [0.2, 0.25) is 10.9 Å². The molecule has 5 rings (SSSR count). The Balaban J connectivity index is 1.50. The maximum absolute atomic E-state index is 14.0. The largest absolute Gasteiger partial charge is 0.503 e. The number of aliphatic hydroxyl groups excluding tert-OH is 1. The Kier molecular flexibility index (Phi) is 6.49. The maximum atomic E-state index is 14.0. The van der Waals surface area contributed by atoms with Gasteiger partial charge < -0.3 is 9.52 Å². The Hall–Kier alpha value is -3.35. The molecule has 12 heteroatoms. The van der Waals surface area contributed by atoms with Crippen molar-refractivity contribution < 1.29 is 23.5 Å². The zero-order valence-corrected chi connectivity index (χ0v) is 21.8. The summed E-state index contributed by atoms with van der Waals surface area (Å²) in [6.45, 7) is 5.23. The van der Waals surface area contributed by atoms with Crippen molar-refractivity contribution >= 4 is 51.3 Å². The first-order valence-corrected chi connectivity index (χ1v) is 13.4. The number of amides is 1. The zero-order valence-electron chi connectivity index (χ0n) is 19.3. The first kappa shape index (κ1) is 24.3. The molecule has 0 fully saturated rings. The van der Waals surface area contributed by atoms with Crippen molar-refractivity contribution in [1.82, 2.24) is 15.2 Å². The van der Waals surface area contributed by atoms with E-state index in [9.17, 15) is 19.1 Å². The lowest BCUT2D eigenvalue weighted by molar-refractivity contribution is -0.117. The molecule has 0 radical (unpaired) electrons. The summed E-state index contributed by atoms with van der Waals surface area (Å²) in [6.07, 6.45) is 0. The van der Waals surface area contributed by atoms with Gasteiger partial charge in [0.05, 0.1) is 21.2 Å². The van der Waals surface area contributed by atoms with Gasteiger partial charge in [-0.15, -0.1) is 21.5 Å². The molecule has 1 aliphatic heterocycles. The van der Waals surface area contributed by atoms with Crippen molar-refractivity contribution in [2.45, 2.75) is 36.9 Å². The van der Waals surface area contributed by atoms with Gasteiger partial charge >= 0.3 is 0 Å². The van der Waals surface area contributed by atoms with Crippen LogP contribution in [0.25, 0.3) is 0 Å². The minimum atomic E-state index is -1.03. The van der Waals surface area contributed by atoms with Gasteiger partial charge in [0.15, 0.2) is 10.1 Å². The third-order valence-electron chi connectivity index (χ3n) is 5.50. The van der Waals surface area contributed by atoms with Gasteiger partial charge in [0.25, 0.3) is 5.91 Å². The third kappa shape index (κ3) is 4.36. The number of aliphatic hydroxyl groups is 1. The Morgan fingerprint density at radius 3 is 2.61 bits per heavy atom. The van der Waals surface area contributed by atoms with E-state index < -0.39 is 23.5 Å². The van der Waals surface area contributed by atoms with E-state index in [-0.39, 0.29) is 16.5 Å². The summed E-state index contributed by atoms with van der Waals surface area (Å²) >= 11 is 3.58. The SMILES string of the molecule is Cc1ccc(C2C(C(=O)c3sc(C)nc3C)=C(O)C(=O)N2c2nnc(SCc3ccccc3F)s2)o1. The molecule has 1 aromatic carbocycles. The molecule has 1 N–H and O–H groups in total. The lowest BCUT2D eigenvalue weighted by Crippen LogP contribution is -2.30. The number of Topliss-reactive ketones (excluding diaryl/α,β-unsaturated/α-hetero) is 1. The summed E-state index contributed by atoms with van der Waals surface area (Å²) in [4.78, 5) is 32.7. The number of thioether (sulfide) groups is 1. The van der Waals surface area contributed by atoms with Crippen LogP contribution >= 0.6 is 34.4 Å². The van der Waals surface area contributed by atoms with Gasteiger partial charge in [0, 0.05) is 5.75 Å². The van der Waals surface area contributed by atoms with Gasteiger partial charge in [-0.05, 0) is 44.5 Å². The number of benzene rings is 1. The van der Waals surface area contributed by atoms with Crippen LogP contribution in [-0.4, -0.2) is 32.0 Å². The normalized spacial score (nSPS) is 15.8. The number of aromatic nitrogens is 3. The molecular formula is C24H19FN4O4S3. The number of nitrogens with zero attached hydrogens (tertiary/aromatic N) is 4. The summed E-state index contributed by atoms with van der Waals surface area (Å²) in [5.41, 5.74) is 0.936. The Morgan fingerprint density at radius 1 is 1.17 bits per heavy atom. The maximum Gasteiger partial charge on any atom is 0.296 e. The van der Waals surface area contributed by atoms with Crippen LogP contribution in [0.5, 0.6) is 0 Å². The fourth-order valence-electron chi connectivity index (χ4n) is 3.88. The Bertz CT molecular complexity index is 1520. The summed E-state index contributed by atoms with van der Waals surface area (Å²) in [7, 11) is 0. The van der Waals surface area contributed by atoms with E-state index in [0.717, 1.165) is 11.3 Å². The molecule has 0 aliphatic carbocycles. The molecule has 0 spiro atoms. The highest BCUT2D eigenvalue weighted by Crippen LogP contribution is 2.45. The van der Waals surface area contributed by atoms with E-state index in [1.807, 2.05) is 0 Å². The first-order valence-electron chi connectivity index (χ1n) is 10.8. The zero-order chi connectivity index (χ0) is 25.6. The van der Waals surface area contributed by atoms with Gasteiger partial charge in [0.1, 0.15) is 23.4 Å². The standard InChI is InChI=1S/C24H19FN4O4S3/c1-11-8-9-16(33-11)18-17(19(30)21-12(2)26-13(3)35-21)20(31)22(32)29(18)23-27-28-24(36-23)34-10-14-6-4-5-7-15(14)25/h4-9,18,31H,10H2,1-3H3. The number of furan rings is 1. The van der Waals surface area contributed by atoms with E-state index >= 15 is 0 Å². The van der Waals surface area contributed by atoms with Crippen molar-refractivity contribution in [3.8, 4) is 0 Å².